The fourth-order valence-electron chi connectivity index (χ4n) is 4.00. The Balaban J connectivity index is 1.19. The molecule has 4 heterocycles. The van der Waals surface area contributed by atoms with Gasteiger partial charge in [-0.25, -0.2) is 4.98 Å². The molecule has 36 heavy (non-hydrogen) atoms. The molecule has 3 aromatic heterocycles. The molecule has 1 fully saturated rings. The van der Waals surface area contributed by atoms with Gasteiger partial charge in [0, 0.05) is 62.8 Å². The monoisotopic (exact) mass is 485 g/mol. The van der Waals surface area contributed by atoms with Crippen molar-refractivity contribution in [3.8, 4) is 17.7 Å². The number of piperazine rings is 1. The van der Waals surface area contributed by atoms with Crippen molar-refractivity contribution in [3.05, 3.63) is 72.6 Å². The first-order valence-electron chi connectivity index (χ1n) is 11.5. The van der Waals surface area contributed by atoms with Gasteiger partial charge in [0.05, 0.1) is 12.6 Å². The minimum absolute atomic E-state index is 0.126. The number of hydrogen-bond acceptors (Lipinski definition) is 8. The number of amides is 2. The summed E-state index contributed by atoms with van der Waals surface area (Å²) < 4.78 is 13.0. The van der Waals surface area contributed by atoms with Gasteiger partial charge in [-0.1, -0.05) is 6.07 Å². The average Bonchev–Trinajstić information content (AvgIpc) is 3.69. The van der Waals surface area contributed by atoms with Gasteiger partial charge in [0.2, 0.25) is 17.5 Å². The van der Waals surface area contributed by atoms with Crippen LogP contribution in [0.25, 0.3) is 11.7 Å². The van der Waals surface area contributed by atoms with E-state index in [1.165, 1.54) is 6.26 Å². The molecule has 1 aromatic carbocycles. The van der Waals surface area contributed by atoms with E-state index in [2.05, 4.69) is 21.4 Å². The highest BCUT2D eigenvalue weighted by molar-refractivity contribution is 5.97. The number of imidazole rings is 1. The number of rotatable bonds is 7. The van der Waals surface area contributed by atoms with Crippen LogP contribution in [0.15, 0.2) is 70.2 Å². The molecule has 1 N–H and O–H groups in total. The molecule has 2 amide bonds. The van der Waals surface area contributed by atoms with E-state index < -0.39 is 0 Å². The summed E-state index contributed by atoms with van der Waals surface area (Å²) in [6, 6.07) is 12.4. The molecular weight excluding hydrogens is 462 g/mol. The van der Waals surface area contributed by atoms with Crippen LogP contribution in [-0.2, 0) is 11.3 Å². The largest absolute Gasteiger partial charge is 0.459 e. The maximum Gasteiger partial charge on any atom is 0.266 e. The number of nitrogens with zero attached hydrogens (tertiary/aromatic N) is 6. The van der Waals surface area contributed by atoms with Gasteiger partial charge < -0.3 is 28.5 Å². The second-order valence-electron chi connectivity index (χ2n) is 8.22. The van der Waals surface area contributed by atoms with Crippen molar-refractivity contribution in [1.29, 1.82) is 5.26 Å². The highest BCUT2D eigenvalue weighted by atomic mass is 16.4. The number of aromatic nitrogens is 3. The lowest BCUT2D eigenvalue weighted by Crippen LogP contribution is -2.48. The van der Waals surface area contributed by atoms with E-state index in [1.807, 2.05) is 9.47 Å². The van der Waals surface area contributed by atoms with Crippen LogP contribution in [0.4, 0.5) is 11.6 Å². The van der Waals surface area contributed by atoms with Crippen molar-refractivity contribution >= 4 is 23.4 Å². The van der Waals surface area contributed by atoms with Gasteiger partial charge >= 0.3 is 0 Å². The fraction of sp³-hybridized carbons (Fsp3) is 0.240. The summed E-state index contributed by atoms with van der Waals surface area (Å²) in [5.41, 5.74) is 1.24. The number of carbonyl (C=O) groups excluding carboxylic acids is 2. The number of furan rings is 1. The maximum absolute atomic E-state index is 13.1. The molecule has 1 saturated heterocycles. The number of oxazole rings is 1. The van der Waals surface area contributed by atoms with E-state index in [0.717, 1.165) is 0 Å². The Kier molecular flexibility index (Phi) is 6.48. The predicted molar refractivity (Wildman–Crippen MR) is 129 cm³/mol. The normalized spacial score (nSPS) is 13.4. The van der Waals surface area contributed by atoms with Crippen molar-refractivity contribution in [3.63, 3.8) is 0 Å². The van der Waals surface area contributed by atoms with E-state index in [4.69, 9.17) is 8.83 Å². The highest BCUT2D eigenvalue weighted by Crippen LogP contribution is 2.29. The van der Waals surface area contributed by atoms with Crippen LogP contribution in [-0.4, -0.2) is 57.4 Å². The van der Waals surface area contributed by atoms with Crippen LogP contribution in [0.1, 0.15) is 22.5 Å². The minimum Gasteiger partial charge on any atom is -0.459 e. The molecule has 0 radical (unpaired) electrons. The van der Waals surface area contributed by atoms with Crippen molar-refractivity contribution in [1.82, 2.24) is 19.4 Å². The molecule has 0 unspecified atom stereocenters. The molecule has 5 rings (SSSR count). The Labute approximate surface area is 206 Å². The van der Waals surface area contributed by atoms with Gasteiger partial charge in [-0.15, -0.1) is 0 Å². The van der Waals surface area contributed by atoms with Crippen LogP contribution in [0, 0.1) is 11.3 Å². The number of carbonyl (C=O) groups is 2. The van der Waals surface area contributed by atoms with Crippen LogP contribution in [0.5, 0.6) is 0 Å². The second-order valence-corrected chi connectivity index (χ2v) is 8.22. The smallest absolute Gasteiger partial charge is 0.266 e. The molecule has 0 aliphatic carbocycles. The Morgan fingerprint density at radius 2 is 2.00 bits per heavy atom. The topological polar surface area (TPSA) is 133 Å². The zero-order valence-corrected chi connectivity index (χ0v) is 19.3. The maximum atomic E-state index is 13.1. The lowest BCUT2D eigenvalue weighted by atomic mass is 10.1. The molecule has 1 aliphatic heterocycles. The van der Waals surface area contributed by atoms with E-state index in [0.29, 0.717) is 62.0 Å². The van der Waals surface area contributed by atoms with Gasteiger partial charge in [-0.05, 0) is 30.3 Å². The molecular formula is C25H23N7O4. The Hall–Kier alpha value is -4.85. The number of hydrogen-bond donors (Lipinski definition) is 1. The fourth-order valence-corrected chi connectivity index (χ4v) is 4.00. The average molecular weight is 486 g/mol. The van der Waals surface area contributed by atoms with Gasteiger partial charge in [0.15, 0.2) is 5.76 Å². The third-order valence-electron chi connectivity index (χ3n) is 5.85. The summed E-state index contributed by atoms with van der Waals surface area (Å²) >= 11 is 0. The third-order valence-corrected chi connectivity index (χ3v) is 5.85. The number of benzene rings is 1. The molecule has 4 aromatic rings. The molecule has 11 heteroatoms. The van der Waals surface area contributed by atoms with Crippen LogP contribution < -0.4 is 10.2 Å². The van der Waals surface area contributed by atoms with Crippen molar-refractivity contribution < 1.29 is 18.4 Å². The summed E-state index contributed by atoms with van der Waals surface area (Å²) in [6.07, 6.45) is 6.93. The van der Waals surface area contributed by atoms with E-state index in [1.54, 1.807) is 60.0 Å². The summed E-state index contributed by atoms with van der Waals surface area (Å²) in [7, 11) is 0. The lowest BCUT2D eigenvalue weighted by molar-refractivity contribution is -0.116. The summed E-state index contributed by atoms with van der Waals surface area (Å²) in [6.45, 7) is 2.39. The molecule has 0 bridgehead atoms. The standard InChI is InChI=1S/C25H23N7O4/c26-16-20-25(36-23(29-20)21-5-2-14-35-21)32-12-10-31(11-13-32)24(34)18-3-1-4-19(15-18)28-22(33)6-8-30-9-7-27-17-30/h1-5,7,9,14-15,17H,6,8,10-13H2,(H,28,33). The number of nitriles is 1. The van der Waals surface area contributed by atoms with Crippen molar-refractivity contribution in [2.24, 2.45) is 0 Å². The van der Waals surface area contributed by atoms with Crippen LogP contribution in [0.2, 0.25) is 0 Å². The molecule has 11 nitrogen and oxygen atoms in total. The molecule has 182 valence electrons. The summed E-state index contributed by atoms with van der Waals surface area (Å²) in [5.74, 6) is 0.792. The minimum atomic E-state index is -0.142. The zero-order valence-electron chi connectivity index (χ0n) is 19.3. The van der Waals surface area contributed by atoms with Crippen LogP contribution in [0.3, 0.4) is 0 Å². The summed E-state index contributed by atoms with van der Waals surface area (Å²) in [4.78, 5) is 37.3. The molecule has 1 aliphatic rings. The van der Waals surface area contributed by atoms with Gasteiger partial charge in [0.25, 0.3) is 11.8 Å². The van der Waals surface area contributed by atoms with E-state index >= 15 is 0 Å². The Morgan fingerprint density at radius 1 is 1.14 bits per heavy atom. The Bertz CT molecular complexity index is 1380. The van der Waals surface area contributed by atoms with E-state index in [9.17, 15) is 14.9 Å². The first-order valence-corrected chi connectivity index (χ1v) is 11.5. The van der Waals surface area contributed by atoms with Crippen LogP contribution >= 0.6 is 0 Å². The molecule has 0 saturated carbocycles. The Morgan fingerprint density at radius 3 is 2.72 bits per heavy atom. The van der Waals surface area contributed by atoms with Crippen molar-refractivity contribution in [2.45, 2.75) is 13.0 Å². The highest BCUT2D eigenvalue weighted by Gasteiger charge is 2.27. The molecule has 0 spiro atoms. The number of nitrogens with one attached hydrogen (secondary N) is 1. The quantitative estimate of drug-likeness (QED) is 0.422. The SMILES string of the molecule is N#Cc1nc(-c2ccco2)oc1N1CCN(C(=O)c2cccc(NC(=O)CCn3ccnc3)c2)CC1. The number of aryl methyl sites for hydroxylation is 1. The first-order chi connectivity index (χ1) is 17.6. The summed E-state index contributed by atoms with van der Waals surface area (Å²) in [5, 5.41) is 12.3. The third kappa shape index (κ3) is 4.97. The van der Waals surface area contributed by atoms with Gasteiger partial charge in [-0.2, -0.15) is 10.2 Å². The van der Waals surface area contributed by atoms with E-state index in [-0.39, 0.29) is 23.4 Å². The predicted octanol–water partition coefficient (Wildman–Crippen LogP) is 2.99. The second kappa shape index (κ2) is 10.2. The van der Waals surface area contributed by atoms with Gasteiger partial charge in [-0.3, -0.25) is 9.59 Å². The first kappa shape index (κ1) is 22.9. The van der Waals surface area contributed by atoms with Crippen molar-refractivity contribution in [2.75, 3.05) is 36.4 Å². The number of anilines is 2. The lowest BCUT2D eigenvalue weighted by Gasteiger charge is -2.34. The van der Waals surface area contributed by atoms with Gasteiger partial charge in [0.1, 0.15) is 6.07 Å². The zero-order chi connectivity index (χ0) is 24.9. The molecule has 0 atom stereocenters.